The lowest BCUT2D eigenvalue weighted by molar-refractivity contribution is -0.159. The first-order valence-electron chi connectivity index (χ1n) is 5.74. The number of amides is 1. The van der Waals surface area contributed by atoms with Gasteiger partial charge in [-0.2, -0.15) is 5.10 Å². The number of hydrogen-bond acceptors (Lipinski definition) is 5. The molecular formula is C12H16N2O3S. The molecule has 1 fully saturated rings. The average molecular weight is 268 g/mol. The number of rotatable bonds is 4. The molecule has 1 N–H and O–H groups in total. The Labute approximate surface area is 110 Å². The summed E-state index contributed by atoms with van der Waals surface area (Å²) in [6.45, 7) is 4.67. The minimum Gasteiger partial charge on any atom is -0.347 e. The van der Waals surface area contributed by atoms with Gasteiger partial charge in [-0.25, -0.2) is 5.43 Å². The summed E-state index contributed by atoms with van der Waals surface area (Å²) in [5.74, 6) is -1.02. The third kappa shape index (κ3) is 3.38. The van der Waals surface area contributed by atoms with E-state index in [9.17, 15) is 4.79 Å². The van der Waals surface area contributed by atoms with E-state index in [2.05, 4.69) is 10.5 Å². The molecule has 2 rings (SSSR count). The third-order valence-corrected chi connectivity index (χ3v) is 3.58. The Morgan fingerprint density at radius 1 is 1.56 bits per heavy atom. The van der Waals surface area contributed by atoms with E-state index in [4.69, 9.17) is 9.47 Å². The molecule has 0 bridgehead atoms. The Balaban J connectivity index is 1.86. The summed E-state index contributed by atoms with van der Waals surface area (Å²) in [6, 6.07) is 3.91. The molecular weight excluding hydrogens is 252 g/mol. The molecule has 1 aromatic heterocycles. The van der Waals surface area contributed by atoms with E-state index in [0.717, 1.165) is 10.6 Å². The van der Waals surface area contributed by atoms with Gasteiger partial charge in [0.05, 0.1) is 25.3 Å². The van der Waals surface area contributed by atoms with Crippen molar-refractivity contribution < 1.29 is 14.3 Å². The van der Waals surface area contributed by atoms with Gasteiger partial charge in [0.25, 0.3) is 0 Å². The highest BCUT2D eigenvalue weighted by atomic mass is 32.1. The summed E-state index contributed by atoms with van der Waals surface area (Å²) in [5, 5.41) is 6.03. The van der Waals surface area contributed by atoms with E-state index in [-0.39, 0.29) is 12.3 Å². The zero-order chi connectivity index (χ0) is 13.0. The van der Waals surface area contributed by atoms with Crippen LogP contribution in [0.15, 0.2) is 22.6 Å². The number of hydrazone groups is 1. The Morgan fingerprint density at radius 2 is 2.28 bits per heavy atom. The van der Waals surface area contributed by atoms with Gasteiger partial charge in [0.15, 0.2) is 5.79 Å². The summed E-state index contributed by atoms with van der Waals surface area (Å²) in [4.78, 5) is 12.7. The highest BCUT2D eigenvalue weighted by molar-refractivity contribution is 7.12. The highest BCUT2D eigenvalue weighted by Crippen LogP contribution is 2.22. The minimum atomic E-state index is -0.809. The summed E-state index contributed by atoms with van der Waals surface area (Å²) in [6.07, 6.45) is 0.147. The molecule has 98 valence electrons. The van der Waals surface area contributed by atoms with Crippen LogP contribution in [0.4, 0.5) is 0 Å². The maximum atomic E-state index is 11.7. The molecule has 0 unspecified atom stereocenters. The summed E-state index contributed by atoms with van der Waals surface area (Å²) >= 11 is 1.58. The first kappa shape index (κ1) is 13.2. The maximum absolute atomic E-state index is 11.7. The molecule has 2 heterocycles. The molecule has 0 atom stereocenters. The Kier molecular flexibility index (Phi) is 4.11. The van der Waals surface area contributed by atoms with E-state index in [1.54, 1.807) is 18.3 Å². The second kappa shape index (κ2) is 5.60. The zero-order valence-corrected chi connectivity index (χ0v) is 11.3. The van der Waals surface area contributed by atoms with E-state index in [1.165, 1.54) is 0 Å². The molecule has 1 amide bonds. The second-order valence-electron chi connectivity index (χ2n) is 4.22. The predicted molar refractivity (Wildman–Crippen MR) is 69.6 cm³/mol. The first-order valence-corrected chi connectivity index (χ1v) is 6.62. The molecule has 0 saturated carbocycles. The monoisotopic (exact) mass is 268 g/mol. The van der Waals surface area contributed by atoms with Crippen LogP contribution in [0.5, 0.6) is 0 Å². The number of carbonyl (C=O) groups excluding carboxylic acids is 1. The third-order valence-electron chi connectivity index (χ3n) is 2.61. The number of ether oxygens (including phenoxy) is 2. The van der Waals surface area contributed by atoms with Crippen molar-refractivity contribution in [3.05, 3.63) is 22.4 Å². The van der Waals surface area contributed by atoms with Gasteiger partial charge in [0.2, 0.25) is 5.91 Å². The molecule has 1 saturated heterocycles. The molecule has 18 heavy (non-hydrogen) atoms. The van der Waals surface area contributed by atoms with Gasteiger partial charge in [-0.1, -0.05) is 6.07 Å². The van der Waals surface area contributed by atoms with Crippen LogP contribution in [-0.4, -0.2) is 30.6 Å². The summed E-state index contributed by atoms with van der Waals surface area (Å²) in [5.41, 5.74) is 3.31. The van der Waals surface area contributed by atoms with Crippen molar-refractivity contribution in [2.24, 2.45) is 5.10 Å². The number of hydrogen-bond donors (Lipinski definition) is 1. The van der Waals surface area contributed by atoms with Crippen LogP contribution in [0.3, 0.4) is 0 Å². The van der Waals surface area contributed by atoms with Crippen LogP contribution in [0, 0.1) is 0 Å². The van der Waals surface area contributed by atoms with Crippen molar-refractivity contribution in [2.45, 2.75) is 26.1 Å². The van der Waals surface area contributed by atoms with E-state index < -0.39 is 5.79 Å². The fourth-order valence-electron chi connectivity index (χ4n) is 1.68. The van der Waals surface area contributed by atoms with Crippen molar-refractivity contribution in [3.63, 3.8) is 0 Å². The highest BCUT2D eigenvalue weighted by Gasteiger charge is 2.33. The molecule has 0 aromatic carbocycles. The van der Waals surface area contributed by atoms with Crippen LogP contribution in [0.25, 0.3) is 0 Å². The Hall–Kier alpha value is -1.24. The molecule has 0 radical (unpaired) electrons. The SMILES string of the molecule is CC(=NNC(=O)CC1(C)OCCO1)c1cccs1. The Morgan fingerprint density at radius 3 is 2.89 bits per heavy atom. The van der Waals surface area contributed by atoms with E-state index >= 15 is 0 Å². The van der Waals surface area contributed by atoms with Gasteiger partial charge >= 0.3 is 0 Å². The van der Waals surface area contributed by atoms with Crippen LogP contribution in [0.2, 0.25) is 0 Å². The number of nitrogens with one attached hydrogen (secondary N) is 1. The van der Waals surface area contributed by atoms with Crippen LogP contribution >= 0.6 is 11.3 Å². The van der Waals surface area contributed by atoms with Gasteiger partial charge in [0.1, 0.15) is 0 Å². The van der Waals surface area contributed by atoms with Gasteiger partial charge in [-0.05, 0) is 25.3 Å². The topological polar surface area (TPSA) is 59.9 Å². The summed E-state index contributed by atoms with van der Waals surface area (Å²) in [7, 11) is 0. The van der Waals surface area contributed by atoms with Crippen LogP contribution < -0.4 is 5.43 Å². The largest absolute Gasteiger partial charge is 0.347 e. The van der Waals surface area contributed by atoms with Crippen molar-refractivity contribution in [3.8, 4) is 0 Å². The molecule has 5 nitrogen and oxygen atoms in total. The standard InChI is InChI=1S/C12H16N2O3S/c1-9(10-4-3-7-18-10)13-14-11(15)8-12(2)16-5-6-17-12/h3-4,7H,5-6,8H2,1-2H3,(H,14,15). The second-order valence-corrected chi connectivity index (χ2v) is 5.16. The van der Waals surface area contributed by atoms with Crippen molar-refractivity contribution in [2.75, 3.05) is 13.2 Å². The zero-order valence-electron chi connectivity index (χ0n) is 10.4. The van der Waals surface area contributed by atoms with Gasteiger partial charge in [-0.3, -0.25) is 4.79 Å². The van der Waals surface area contributed by atoms with Gasteiger partial charge < -0.3 is 9.47 Å². The minimum absolute atomic E-state index is 0.147. The summed E-state index contributed by atoms with van der Waals surface area (Å²) < 4.78 is 10.7. The van der Waals surface area contributed by atoms with E-state index in [1.807, 2.05) is 24.4 Å². The van der Waals surface area contributed by atoms with Crippen molar-refractivity contribution in [1.82, 2.24) is 5.43 Å². The fourth-order valence-corrected chi connectivity index (χ4v) is 2.35. The number of nitrogens with zero attached hydrogens (tertiary/aromatic N) is 1. The van der Waals surface area contributed by atoms with Crippen molar-refractivity contribution >= 4 is 23.0 Å². The smallest absolute Gasteiger partial charge is 0.245 e. The molecule has 0 aliphatic carbocycles. The maximum Gasteiger partial charge on any atom is 0.245 e. The molecule has 1 aliphatic heterocycles. The Bertz CT molecular complexity index is 436. The lowest BCUT2D eigenvalue weighted by Crippen LogP contribution is -2.33. The van der Waals surface area contributed by atoms with Gasteiger partial charge in [-0.15, -0.1) is 11.3 Å². The van der Waals surface area contributed by atoms with E-state index in [0.29, 0.717) is 13.2 Å². The van der Waals surface area contributed by atoms with Gasteiger partial charge in [0, 0.05) is 4.88 Å². The first-order chi connectivity index (χ1) is 8.59. The quantitative estimate of drug-likeness (QED) is 0.668. The average Bonchev–Trinajstić information content (AvgIpc) is 2.97. The fraction of sp³-hybridized carbons (Fsp3) is 0.500. The number of carbonyl (C=O) groups is 1. The predicted octanol–water partition coefficient (Wildman–Crippen LogP) is 1.74. The van der Waals surface area contributed by atoms with Crippen LogP contribution in [0.1, 0.15) is 25.1 Å². The molecule has 6 heteroatoms. The lowest BCUT2D eigenvalue weighted by atomic mass is 10.2. The molecule has 1 aliphatic rings. The normalized spacial score (nSPS) is 18.9. The molecule has 1 aromatic rings. The van der Waals surface area contributed by atoms with Crippen molar-refractivity contribution in [1.29, 1.82) is 0 Å². The lowest BCUT2D eigenvalue weighted by Gasteiger charge is -2.20. The van der Waals surface area contributed by atoms with Crippen LogP contribution in [-0.2, 0) is 14.3 Å². The number of thiophene rings is 1. The molecule has 0 spiro atoms.